The lowest BCUT2D eigenvalue weighted by Crippen LogP contribution is -1.98. The Bertz CT molecular complexity index is 338. The van der Waals surface area contributed by atoms with E-state index in [4.69, 9.17) is 4.52 Å². The molecule has 0 N–H and O–H groups in total. The molecule has 0 aromatic carbocycles. The van der Waals surface area contributed by atoms with Gasteiger partial charge in [0, 0.05) is 12.3 Å². The molecule has 4 nitrogen and oxygen atoms in total. The molecule has 0 unspecified atom stereocenters. The van der Waals surface area contributed by atoms with Crippen molar-refractivity contribution in [1.82, 2.24) is 5.16 Å². The van der Waals surface area contributed by atoms with E-state index in [0.717, 1.165) is 6.26 Å². The fraction of sp³-hybridized carbons (Fsp3) is 0.500. The summed E-state index contributed by atoms with van der Waals surface area (Å²) in [5.74, 6) is 0.318. The molecule has 1 rings (SSSR count). The lowest BCUT2D eigenvalue weighted by molar-refractivity contribution is 0.389. The topological polar surface area (TPSA) is 60.2 Å². The SMILES string of the molecule is Cc1cc(CS(C)(=O)=O)on1. The average molecular weight is 175 g/mol. The normalized spacial score (nSPS) is 11.8. The minimum atomic E-state index is -3.00. The van der Waals surface area contributed by atoms with Crippen molar-refractivity contribution in [2.75, 3.05) is 6.26 Å². The van der Waals surface area contributed by atoms with E-state index in [1.54, 1.807) is 13.0 Å². The van der Waals surface area contributed by atoms with Gasteiger partial charge in [0.05, 0.1) is 5.69 Å². The molecule has 0 fully saturated rings. The first kappa shape index (κ1) is 8.26. The van der Waals surface area contributed by atoms with Crippen LogP contribution >= 0.6 is 0 Å². The molecule has 0 spiro atoms. The maximum atomic E-state index is 10.7. The molecule has 0 bridgehead atoms. The first-order valence-electron chi connectivity index (χ1n) is 3.07. The molecule has 1 aromatic heterocycles. The Morgan fingerprint density at radius 1 is 1.64 bits per heavy atom. The van der Waals surface area contributed by atoms with Crippen LogP contribution in [0.4, 0.5) is 0 Å². The summed E-state index contributed by atoms with van der Waals surface area (Å²) in [6.45, 7) is 1.75. The lowest BCUT2D eigenvalue weighted by Gasteiger charge is -1.89. The van der Waals surface area contributed by atoms with Gasteiger partial charge < -0.3 is 4.52 Å². The maximum Gasteiger partial charge on any atom is 0.154 e. The lowest BCUT2D eigenvalue weighted by atomic mass is 10.4. The summed E-state index contributed by atoms with van der Waals surface area (Å²) < 4.78 is 26.2. The molecule has 11 heavy (non-hydrogen) atoms. The van der Waals surface area contributed by atoms with Crippen molar-refractivity contribution >= 4 is 9.84 Å². The van der Waals surface area contributed by atoms with E-state index in [9.17, 15) is 8.42 Å². The number of rotatable bonds is 2. The van der Waals surface area contributed by atoms with Gasteiger partial charge in [0.25, 0.3) is 0 Å². The number of hydrogen-bond acceptors (Lipinski definition) is 4. The van der Waals surface area contributed by atoms with Gasteiger partial charge in [0.15, 0.2) is 15.6 Å². The molecule has 0 amide bonds. The van der Waals surface area contributed by atoms with Crippen molar-refractivity contribution in [2.24, 2.45) is 0 Å². The van der Waals surface area contributed by atoms with Crippen molar-refractivity contribution in [2.45, 2.75) is 12.7 Å². The Morgan fingerprint density at radius 2 is 2.27 bits per heavy atom. The van der Waals surface area contributed by atoms with Crippen LogP contribution in [0, 0.1) is 6.92 Å². The van der Waals surface area contributed by atoms with Crippen LogP contribution in [0.2, 0.25) is 0 Å². The van der Waals surface area contributed by atoms with Crippen molar-refractivity contribution in [3.8, 4) is 0 Å². The molecular formula is C6H9NO3S. The van der Waals surface area contributed by atoms with Gasteiger partial charge in [-0.2, -0.15) is 0 Å². The minimum Gasteiger partial charge on any atom is -0.360 e. The van der Waals surface area contributed by atoms with Crippen LogP contribution < -0.4 is 0 Å². The molecule has 0 aliphatic rings. The van der Waals surface area contributed by atoms with Gasteiger partial charge in [-0.3, -0.25) is 0 Å². The second-order valence-electron chi connectivity index (χ2n) is 2.50. The van der Waals surface area contributed by atoms with E-state index < -0.39 is 9.84 Å². The van der Waals surface area contributed by atoms with Gasteiger partial charge in [-0.15, -0.1) is 0 Å². The molecule has 0 atom stereocenters. The third-order valence-electron chi connectivity index (χ3n) is 1.08. The van der Waals surface area contributed by atoms with Gasteiger partial charge in [0.1, 0.15) is 5.75 Å². The van der Waals surface area contributed by atoms with Crippen molar-refractivity contribution in [3.63, 3.8) is 0 Å². The van der Waals surface area contributed by atoms with E-state index in [-0.39, 0.29) is 5.75 Å². The van der Waals surface area contributed by atoms with E-state index in [1.807, 2.05) is 0 Å². The molecule has 0 saturated carbocycles. The van der Waals surface area contributed by atoms with Gasteiger partial charge in [-0.05, 0) is 6.92 Å². The van der Waals surface area contributed by atoms with Crippen LogP contribution in [0.5, 0.6) is 0 Å². The van der Waals surface area contributed by atoms with Gasteiger partial charge in [0.2, 0.25) is 0 Å². The summed E-state index contributed by atoms with van der Waals surface area (Å²) in [6.07, 6.45) is 1.16. The smallest absolute Gasteiger partial charge is 0.154 e. The second-order valence-corrected chi connectivity index (χ2v) is 4.64. The Labute approximate surface area is 65.1 Å². The number of sulfone groups is 1. The molecule has 0 aliphatic carbocycles. The van der Waals surface area contributed by atoms with Crippen LogP contribution in [-0.2, 0) is 15.6 Å². The highest BCUT2D eigenvalue weighted by molar-refractivity contribution is 7.89. The first-order chi connectivity index (χ1) is 4.97. The van der Waals surface area contributed by atoms with Crippen LogP contribution in [0.3, 0.4) is 0 Å². The number of hydrogen-bond donors (Lipinski definition) is 0. The molecule has 1 heterocycles. The maximum absolute atomic E-state index is 10.7. The molecule has 0 saturated heterocycles. The van der Waals surface area contributed by atoms with Crippen LogP contribution in [-0.4, -0.2) is 19.8 Å². The summed E-state index contributed by atoms with van der Waals surface area (Å²) in [7, 11) is -3.00. The molecular weight excluding hydrogens is 166 g/mol. The van der Waals surface area contributed by atoms with Crippen LogP contribution in [0.25, 0.3) is 0 Å². The zero-order valence-electron chi connectivity index (χ0n) is 6.36. The minimum absolute atomic E-state index is 0.0756. The third kappa shape index (κ3) is 2.71. The van der Waals surface area contributed by atoms with Crippen LogP contribution in [0.1, 0.15) is 11.5 Å². The zero-order valence-corrected chi connectivity index (χ0v) is 7.18. The van der Waals surface area contributed by atoms with E-state index in [2.05, 4.69) is 5.16 Å². The molecule has 0 radical (unpaired) electrons. The summed E-state index contributed by atoms with van der Waals surface area (Å²) >= 11 is 0. The average Bonchev–Trinajstić information content (AvgIpc) is 2.10. The zero-order chi connectivity index (χ0) is 8.48. The van der Waals surface area contributed by atoms with Gasteiger partial charge >= 0.3 is 0 Å². The fourth-order valence-corrected chi connectivity index (χ4v) is 1.40. The quantitative estimate of drug-likeness (QED) is 0.657. The Hall–Kier alpha value is -0.840. The summed E-state index contributed by atoms with van der Waals surface area (Å²) in [5, 5.41) is 3.56. The highest BCUT2D eigenvalue weighted by Gasteiger charge is 2.08. The Morgan fingerprint density at radius 3 is 2.64 bits per heavy atom. The molecule has 1 aromatic rings. The van der Waals surface area contributed by atoms with E-state index >= 15 is 0 Å². The predicted molar refractivity (Wildman–Crippen MR) is 39.8 cm³/mol. The van der Waals surface area contributed by atoms with E-state index in [0.29, 0.717) is 11.5 Å². The number of aryl methyl sites for hydroxylation is 1. The summed E-state index contributed by atoms with van der Waals surface area (Å²) in [6, 6.07) is 1.61. The second kappa shape index (κ2) is 2.65. The fourth-order valence-electron chi connectivity index (χ4n) is 0.743. The highest BCUT2D eigenvalue weighted by Crippen LogP contribution is 2.05. The highest BCUT2D eigenvalue weighted by atomic mass is 32.2. The summed E-state index contributed by atoms with van der Waals surface area (Å²) in [4.78, 5) is 0. The van der Waals surface area contributed by atoms with Gasteiger partial charge in [-0.25, -0.2) is 8.42 Å². The molecule has 5 heteroatoms. The largest absolute Gasteiger partial charge is 0.360 e. The van der Waals surface area contributed by atoms with Crippen LogP contribution in [0.15, 0.2) is 10.6 Å². The van der Waals surface area contributed by atoms with Crippen molar-refractivity contribution in [3.05, 3.63) is 17.5 Å². The monoisotopic (exact) mass is 175 g/mol. The van der Waals surface area contributed by atoms with Crippen molar-refractivity contribution < 1.29 is 12.9 Å². The van der Waals surface area contributed by atoms with Crippen molar-refractivity contribution in [1.29, 1.82) is 0 Å². The Balaban J connectivity index is 2.81. The molecule has 0 aliphatic heterocycles. The van der Waals surface area contributed by atoms with Gasteiger partial charge in [-0.1, -0.05) is 5.16 Å². The predicted octanol–water partition coefficient (Wildman–Crippen LogP) is 0.528. The molecule has 62 valence electrons. The Kier molecular flexibility index (Phi) is 1.99. The standard InChI is InChI=1S/C6H9NO3S/c1-5-3-6(10-7-5)4-11(2,8)9/h3H,4H2,1-2H3. The number of nitrogens with zero attached hydrogens (tertiary/aromatic N) is 1. The van der Waals surface area contributed by atoms with E-state index in [1.165, 1.54) is 0 Å². The number of aromatic nitrogens is 1. The first-order valence-corrected chi connectivity index (χ1v) is 5.13. The summed E-state index contributed by atoms with van der Waals surface area (Å²) in [5.41, 5.74) is 0.698. The third-order valence-corrected chi connectivity index (χ3v) is 1.89.